The molecule has 1 rings (SSSR count). The zero-order chi connectivity index (χ0) is 12.1. The van der Waals surface area contributed by atoms with Crippen LogP contribution < -0.4 is 5.32 Å². The Morgan fingerprint density at radius 3 is 2.81 bits per heavy atom. The van der Waals surface area contributed by atoms with Gasteiger partial charge in [0.25, 0.3) is 0 Å². The molecule has 16 heavy (non-hydrogen) atoms. The maximum Gasteiger partial charge on any atom is 0.307 e. The van der Waals surface area contributed by atoms with Crippen molar-refractivity contribution < 1.29 is 18.3 Å². The van der Waals surface area contributed by atoms with E-state index in [-0.39, 0.29) is 18.2 Å². The number of hydrogen-bond acceptors (Lipinski definition) is 3. The molecule has 0 radical (unpaired) electrons. The van der Waals surface area contributed by atoms with E-state index in [0.717, 1.165) is 18.2 Å². The fourth-order valence-corrected chi connectivity index (χ4v) is 1.26. The van der Waals surface area contributed by atoms with E-state index in [1.54, 1.807) is 6.92 Å². The lowest BCUT2D eigenvalue weighted by Crippen LogP contribution is -2.21. The number of ether oxygens (including phenoxy) is 1. The molecule has 0 aliphatic rings. The molecule has 1 N–H and O–H groups in total. The number of carbonyl (C=O) groups is 1. The van der Waals surface area contributed by atoms with Gasteiger partial charge in [0.2, 0.25) is 0 Å². The van der Waals surface area contributed by atoms with Crippen molar-refractivity contribution in [2.75, 3.05) is 12.4 Å². The molecule has 1 unspecified atom stereocenters. The summed E-state index contributed by atoms with van der Waals surface area (Å²) in [7, 11) is 1.28. The lowest BCUT2D eigenvalue weighted by molar-refractivity contribution is -0.140. The van der Waals surface area contributed by atoms with Gasteiger partial charge in [0.15, 0.2) is 0 Å². The number of carbonyl (C=O) groups excluding carboxylic acids is 1. The second kappa shape index (κ2) is 5.44. The van der Waals surface area contributed by atoms with Crippen molar-refractivity contribution in [1.82, 2.24) is 0 Å². The van der Waals surface area contributed by atoms with Gasteiger partial charge in [0, 0.05) is 6.04 Å². The standard InChI is InChI=1S/C11H13F2NO2/c1-7(5-11(15)16-2)14-10-6-8(12)3-4-9(10)13/h3-4,6-7,14H,5H2,1-2H3. The topological polar surface area (TPSA) is 38.3 Å². The molecule has 1 atom stereocenters. The molecule has 88 valence electrons. The minimum Gasteiger partial charge on any atom is -0.469 e. The van der Waals surface area contributed by atoms with Crippen LogP contribution in [0.1, 0.15) is 13.3 Å². The van der Waals surface area contributed by atoms with Crippen LogP contribution in [0.15, 0.2) is 18.2 Å². The number of methoxy groups -OCH3 is 1. The van der Waals surface area contributed by atoms with Crippen molar-refractivity contribution in [1.29, 1.82) is 0 Å². The predicted octanol–water partition coefficient (Wildman–Crippen LogP) is 2.33. The summed E-state index contributed by atoms with van der Waals surface area (Å²) >= 11 is 0. The van der Waals surface area contributed by atoms with Crippen molar-refractivity contribution in [3.8, 4) is 0 Å². The fraction of sp³-hybridized carbons (Fsp3) is 0.364. The van der Waals surface area contributed by atoms with Crippen LogP contribution in [0.5, 0.6) is 0 Å². The van der Waals surface area contributed by atoms with Crippen LogP contribution in [0.2, 0.25) is 0 Å². The van der Waals surface area contributed by atoms with Crippen LogP contribution in [0.3, 0.4) is 0 Å². The highest BCUT2D eigenvalue weighted by molar-refractivity contribution is 5.70. The number of halogens is 2. The summed E-state index contributed by atoms with van der Waals surface area (Å²) in [6, 6.07) is 2.78. The molecule has 0 aliphatic carbocycles. The molecule has 0 heterocycles. The first-order chi connectivity index (χ1) is 7.52. The number of hydrogen-bond donors (Lipinski definition) is 1. The third kappa shape index (κ3) is 3.49. The van der Waals surface area contributed by atoms with Crippen LogP contribution in [-0.2, 0) is 9.53 Å². The highest BCUT2D eigenvalue weighted by Gasteiger charge is 2.11. The number of esters is 1. The molecular weight excluding hydrogens is 216 g/mol. The quantitative estimate of drug-likeness (QED) is 0.805. The van der Waals surface area contributed by atoms with Crippen LogP contribution in [0.25, 0.3) is 0 Å². The van der Waals surface area contributed by atoms with Gasteiger partial charge < -0.3 is 10.1 Å². The maximum atomic E-state index is 13.2. The largest absolute Gasteiger partial charge is 0.469 e. The number of nitrogens with one attached hydrogen (secondary N) is 1. The zero-order valence-electron chi connectivity index (χ0n) is 9.09. The first kappa shape index (κ1) is 12.4. The monoisotopic (exact) mass is 229 g/mol. The van der Waals surface area contributed by atoms with E-state index < -0.39 is 17.6 Å². The molecule has 0 aromatic heterocycles. The van der Waals surface area contributed by atoms with Crippen molar-refractivity contribution in [3.63, 3.8) is 0 Å². The summed E-state index contributed by atoms with van der Waals surface area (Å²) in [5, 5.41) is 2.70. The highest BCUT2D eigenvalue weighted by atomic mass is 19.1. The van der Waals surface area contributed by atoms with Gasteiger partial charge in [-0.25, -0.2) is 8.78 Å². The summed E-state index contributed by atoms with van der Waals surface area (Å²) < 4.78 is 30.5. The van der Waals surface area contributed by atoms with E-state index in [1.165, 1.54) is 7.11 Å². The van der Waals surface area contributed by atoms with Crippen molar-refractivity contribution >= 4 is 11.7 Å². The molecule has 1 aromatic rings. The Hall–Kier alpha value is -1.65. The Morgan fingerprint density at radius 1 is 1.50 bits per heavy atom. The summed E-state index contributed by atoms with van der Waals surface area (Å²) in [4.78, 5) is 10.9. The Bertz CT molecular complexity index is 382. The Kier molecular flexibility index (Phi) is 4.22. The zero-order valence-corrected chi connectivity index (χ0v) is 9.09. The van der Waals surface area contributed by atoms with Gasteiger partial charge in [-0.1, -0.05) is 0 Å². The predicted molar refractivity (Wildman–Crippen MR) is 56.1 cm³/mol. The maximum absolute atomic E-state index is 13.2. The van der Waals surface area contributed by atoms with Gasteiger partial charge in [-0.3, -0.25) is 4.79 Å². The van der Waals surface area contributed by atoms with Gasteiger partial charge in [-0.05, 0) is 25.1 Å². The first-order valence-corrected chi connectivity index (χ1v) is 4.81. The number of rotatable bonds is 4. The Morgan fingerprint density at radius 2 is 2.19 bits per heavy atom. The number of benzene rings is 1. The van der Waals surface area contributed by atoms with Gasteiger partial charge in [-0.2, -0.15) is 0 Å². The summed E-state index contributed by atoms with van der Waals surface area (Å²) in [5.41, 5.74) is 0.0383. The van der Waals surface area contributed by atoms with E-state index in [4.69, 9.17) is 0 Å². The molecule has 0 bridgehead atoms. The summed E-state index contributed by atoms with van der Waals surface area (Å²) in [5.74, 6) is -1.50. The average Bonchev–Trinajstić information content (AvgIpc) is 2.23. The summed E-state index contributed by atoms with van der Waals surface area (Å²) in [6.45, 7) is 1.68. The van der Waals surface area contributed by atoms with Gasteiger partial charge in [-0.15, -0.1) is 0 Å². The average molecular weight is 229 g/mol. The smallest absolute Gasteiger partial charge is 0.307 e. The molecule has 0 fully saturated rings. The Balaban J connectivity index is 2.65. The molecule has 0 spiro atoms. The molecule has 5 heteroatoms. The van der Waals surface area contributed by atoms with Gasteiger partial charge >= 0.3 is 5.97 Å². The third-order valence-electron chi connectivity index (χ3n) is 2.03. The molecule has 0 aliphatic heterocycles. The molecular formula is C11H13F2NO2. The number of anilines is 1. The second-order valence-electron chi connectivity index (χ2n) is 3.45. The summed E-state index contributed by atoms with van der Waals surface area (Å²) in [6.07, 6.45) is 0.0897. The van der Waals surface area contributed by atoms with Crippen LogP contribution >= 0.6 is 0 Å². The minimum atomic E-state index is -0.557. The SMILES string of the molecule is COC(=O)CC(C)Nc1cc(F)ccc1F. The molecule has 1 aromatic carbocycles. The fourth-order valence-electron chi connectivity index (χ4n) is 1.26. The van der Waals surface area contributed by atoms with Crippen molar-refractivity contribution in [3.05, 3.63) is 29.8 Å². The normalized spacial score (nSPS) is 12.0. The first-order valence-electron chi connectivity index (χ1n) is 4.81. The molecule has 0 amide bonds. The van der Waals surface area contributed by atoms with Gasteiger partial charge in [0.05, 0.1) is 19.2 Å². The lowest BCUT2D eigenvalue weighted by Gasteiger charge is -2.14. The second-order valence-corrected chi connectivity index (χ2v) is 3.45. The highest BCUT2D eigenvalue weighted by Crippen LogP contribution is 2.16. The van der Waals surface area contributed by atoms with Crippen LogP contribution in [0, 0.1) is 11.6 Å². The van der Waals surface area contributed by atoms with E-state index in [2.05, 4.69) is 10.1 Å². The molecule has 3 nitrogen and oxygen atoms in total. The van der Waals surface area contributed by atoms with E-state index in [1.807, 2.05) is 0 Å². The minimum absolute atomic E-state index is 0.0383. The third-order valence-corrected chi connectivity index (χ3v) is 2.03. The van der Waals surface area contributed by atoms with E-state index in [0.29, 0.717) is 0 Å². The lowest BCUT2D eigenvalue weighted by atomic mass is 10.2. The molecule has 0 saturated carbocycles. The Labute approximate surface area is 92.4 Å². The van der Waals surface area contributed by atoms with Gasteiger partial charge in [0.1, 0.15) is 11.6 Å². The van der Waals surface area contributed by atoms with Crippen molar-refractivity contribution in [2.45, 2.75) is 19.4 Å². The van der Waals surface area contributed by atoms with E-state index in [9.17, 15) is 13.6 Å². The molecule has 0 saturated heterocycles. The van der Waals surface area contributed by atoms with Crippen LogP contribution in [0.4, 0.5) is 14.5 Å². The van der Waals surface area contributed by atoms with Crippen LogP contribution in [-0.4, -0.2) is 19.1 Å². The van der Waals surface area contributed by atoms with Crippen molar-refractivity contribution in [2.24, 2.45) is 0 Å². The van der Waals surface area contributed by atoms with E-state index >= 15 is 0 Å².